The molecule has 0 aliphatic heterocycles. The van der Waals surface area contributed by atoms with Gasteiger partial charge in [-0.15, -0.1) is 0 Å². The van der Waals surface area contributed by atoms with Crippen LogP contribution in [0.3, 0.4) is 0 Å². The standard InChI is InChI=1S/C21H42O4/c1-3-4-5-6-7-8-9-10-11-12-13-19(21(25)17-23)15-14-18(2)20(24)16-22/h9-10,18-25H,3-8,11-17H2,1-2H3. The summed E-state index contributed by atoms with van der Waals surface area (Å²) < 4.78 is 0. The summed E-state index contributed by atoms with van der Waals surface area (Å²) in [5, 5.41) is 37.8. The Hall–Kier alpha value is -0.420. The summed E-state index contributed by atoms with van der Waals surface area (Å²) in [4.78, 5) is 0. The van der Waals surface area contributed by atoms with E-state index in [-0.39, 0.29) is 25.0 Å². The van der Waals surface area contributed by atoms with Gasteiger partial charge in [0.25, 0.3) is 0 Å². The van der Waals surface area contributed by atoms with Crippen LogP contribution >= 0.6 is 0 Å². The number of hydrogen-bond acceptors (Lipinski definition) is 4. The van der Waals surface area contributed by atoms with Gasteiger partial charge in [0.1, 0.15) is 0 Å². The zero-order chi connectivity index (χ0) is 18.9. The van der Waals surface area contributed by atoms with Gasteiger partial charge >= 0.3 is 0 Å². The minimum Gasteiger partial charge on any atom is -0.394 e. The maximum Gasteiger partial charge on any atom is 0.0799 e. The van der Waals surface area contributed by atoms with Crippen LogP contribution in [0.5, 0.6) is 0 Å². The van der Waals surface area contributed by atoms with Crippen LogP contribution in [0, 0.1) is 11.8 Å². The third-order valence-corrected chi connectivity index (χ3v) is 5.15. The van der Waals surface area contributed by atoms with E-state index in [1.54, 1.807) is 0 Å². The summed E-state index contributed by atoms with van der Waals surface area (Å²) in [6.07, 6.45) is 15.2. The lowest BCUT2D eigenvalue weighted by atomic mass is 9.87. The van der Waals surface area contributed by atoms with Crippen molar-refractivity contribution in [2.24, 2.45) is 11.8 Å². The minimum atomic E-state index is -0.702. The highest BCUT2D eigenvalue weighted by Crippen LogP contribution is 2.23. The highest BCUT2D eigenvalue weighted by molar-refractivity contribution is 4.82. The molecule has 0 radical (unpaired) electrons. The Balaban J connectivity index is 3.92. The summed E-state index contributed by atoms with van der Waals surface area (Å²) in [5.74, 6) is 0.0618. The SMILES string of the molecule is CCCCCCCC=CCCCC(CCC(C)C(O)CO)C(O)CO. The van der Waals surface area contributed by atoms with Gasteiger partial charge in [-0.3, -0.25) is 0 Å². The Labute approximate surface area is 155 Å². The number of allylic oxidation sites excluding steroid dienone is 2. The fourth-order valence-corrected chi connectivity index (χ4v) is 3.13. The Kier molecular flexibility index (Phi) is 16.7. The van der Waals surface area contributed by atoms with Crippen LogP contribution in [-0.2, 0) is 0 Å². The molecule has 0 saturated heterocycles. The van der Waals surface area contributed by atoms with Crippen LogP contribution in [0.1, 0.15) is 84.5 Å². The molecule has 4 unspecified atom stereocenters. The van der Waals surface area contributed by atoms with Gasteiger partial charge in [-0.2, -0.15) is 0 Å². The molecule has 0 amide bonds. The van der Waals surface area contributed by atoms with E-state index in [0.29, 0.717) is 0 Å². The number of unbranched alkanes of at least 4 members (excludes halogenated alkanes) is 6. The smallest absolute Gasteiger partial charge is 0.0799 e. The fraction of sp³-hybridized carbons (Fsp3) is 0.905. The van der Waals surface area contributed by atoms with Gasteiger partial charge in [0.05, 0.1) is 25.4 Å². The highest BCUT2D eigenvalue weighted by atomic mass is 16.3. The Morgan fingerprint density at radius 2 is 1.32 bits per heavy atom. The topological polar surface area (TPSA) is 80.9 Å². The second-order valence-electron chi connectivity index (χ2n) is 7.42. The molecule has 0 saturated carbocycles. The summed E-state index contributed by atoms with van der Waals surface area (Å²) in [6.45, 7) is 3.70. The summed E-state index contributed by atoms with van der Waals surface area (Å²) in [5.41, 5.74) is 0. The van der Waals surface area contributed by atoms with E-state index in [1.165, 1.54) is 32.1 Å². The predicted octanol–water partition coefficient (Wildman–Crippen LogP) is 3.81. The van der Waals surface area contributed by atoms with Crippen molar-refractivity contribution in [2.75, 3.05) is 13.2 Å². The largest absolute Gasteiger partial charge is 0.394 e. The molecule has 0 rings (SSSR count). The molecule has 4 atom stereocenters. The molecule has 0 fully saturated rings. The molecule has 0 aliphatic carbocycles. The lowest BCUT2D eigenvalue weighted by Crippen LogP contribution is -2.27. The fourth-order valence-electron chi connectivity index (χ4n) is 3.13. The Morgan fingerprint density at radius 1 is 0.720 bits per heavy atom. The summed E-state index contributed by atoms with van der Waals surface area (Å²) >= 11 is 0. The Morgan fingerprint density at radius 3 is 1.92 bits per heavy atom. The van der Waals surface area contributed by atoms with Crippen molar-refractivity contribution in [1.29, 1.82) is 0 Å². The maximum absolute atomic E-state index is 9.99. The molecule has 0 bridgehead atoms. The van der Waals surface area contributed by atoms with Crippen molar-refractivity contribution >= 4 is 0 Å². The van der Waals surface area contributed by atoms with Crippen LogP contribution in [0.4, 0.5) is 0 Å². The Bertz CT molecular complexity index is 306. The molecule has 4 heteroatoms. The first-order valence-corrected chi connectivity index (χ1v) is 10.3. The van der Waals surface area contributed by atoms with Gasteiger partial charge < -0.3 is 20.4 Å². The van der Waals surface area contributed by atoms with Gasteiger partial charge in [0, 0.05) is 0 Å². The van der Waals surface area contributed by atoms with Gasteiger partial charge in [-0.1, -0.05) is 51.7 Å². The second-order valence-corrected chi connectivity index (χ2v) is 7.42. The van der Waals surface area contributed by atoms with Gasteiger partial charge in [-0.05, 0) is 56.8 Å². The average molecular weight is 359 g/mol. The minimum absolute atomic E-state index is 0.00555. The van der Waals surface area contributed by atoms with Crippen molar-refractivity contribution in [1.82, 2.24) is 0 Å². The maximum atomic E-state index is 9.99. The number of aliphatic hydroxyl groups is 4. The van der Waals surface area contributed by atoms with Crippen molar-refractivity contribution in [3.05, 3.63) is 12.2 Å². The van der Waals surface area contributed by atoms with Gasteiger partial charge in [-0.25, -0.2) is 0 Å². The quantitative estimate of drug-likeness (QED) is 0.235. The van der Waals surface area contributed by atoms with Crippen LogP contribution in [0.25, 0.3) is 0 Å². The zero-order valence-electron chi connectivity index (χ0n) is 16.4. The van der Waals surface area contributed by atoms with Crippen LogP contribution in [-0.4, -0.2) is 45.8 Å². The van der Waals surface area contributed by atoms with E-state index in [4.69, 9.17) is 5.11 Å². The lowest BCUT2D eigenvalue weighted by molar-refractivity contribution is 0.0236. The molecule has 0 spiro atoms. The van der Waals surface area contributed by atoms with E-state index in [0.717, 1.165) is 38.5 Å². The van der Waals surface area contributed by atoms with Crippen molar-refractivity contribution in [3.8, 4) is 0 Å². The molecular weight excluding hydrogens is 316 g/mol. The van der Waals surface area contributed by atoms with E-state index < -0.39 is 12.2 Å². The molecule has 0 aromatic carbocycles. The van der Waals surface area contributed by atoms with E-state index in [2.05, 4.69) is 19.1 Å². The van der Waals surface area contributed by atoms with E-state index in [9.17, 15) is 15.3 Å². The summed E-state index contributed by atoms with van der Waals surface area (Å²) in [7, 11) is 0. The van der Waals surface area contributed by atoms with Crippen LogP contribution in [0.2, 0.25) is 0 Å². The number of hydrogen-bond donors (Lipinski definition) is 4. The first kappa shape index (κ1) is 24.6. The third-order valence-electron chi connectivity index (χ3n) is 5.15. The van der Waals surface area contributed by atoms with Gasteiger partial charge in [0.15, 0.2) is 0 Å². The normalized spacial score (nSPS) is 16.9. The average Bonchev–Trinajstić information content (AvgIpc) is 2.63. The predicted molar refractivity (Wildman–Crippen MR) is 104 cm³/mol. The lowest BCUT2D eigenvalue weighted by Gasteiger charge is -2.24. The molecule has 0 aliphatic rings. The molecular formula is C21H42O4. The van der Waals surface area contributed by atoms with Gasteiger partial charge in [0.2, 0.25) is 0 Å². The highest BCUT2D eigenvalue weighted by Gasteiger charge is 2.21. The molecule has 0 aromatic heterocycles. The van der Waals surface area contributed by atoms with Crippen molar-refractivity contribution < 1.29 is 20.4 Å². The van der Waals surface area contributed by atoms with E-state index in [1.807, 2.05) is 6.92 Å². The molecule has 150 valence electrons. The first-order valence-electron chi connectivity index (χ1n) is 10.3. The monoisotopic (exact) mass is 358 g/mol. The first-order chi connectivity index (χ1) is 12.1. The summed E-state index contributed by atoms with van der Waals surface area (Å²) in [6, 6.07) is 0. The third kappa shape index (κ3) is 13.4. The number of rotatable bonds is 17. The molecule has 25 heavy (non-hydrogen) atoms. The number of aliphatic hydroxyl groups excluding tert-OH is 4. The second kappa shape index (κ2) is 17.0. The van der Waals surface area contributed by atoms with Crippen LogP contribution in [0.15, 0.2) is 12.2 Å². The molecule has 4 N–H and O–H groups in total. The van der Waals surface area contributed by atoms with Crippen molar-refractivity contribution in [3.63, 3.8) is 0 Å². The molecule has 0 aromatic rings. The molecule has 4 nitrogen and oxygen atoms in total. The van der Waals surface area contributed by atoms with Crippen molar-refractivity contribution in [2.45, 2.75) is 96.7 Å². The molecule has 0 heterocycles. The zero-order valence-corrected chi connectivity index (χ0v) is 16.4. The van der Waals surface area contributed by atoms with Crippen LogP contribution < -0.4 is 0 Å². The van der Waals surface area contributed by atoms with E-state index >= 15 is 0 Å².